The molecule has 0 saturated heterocycles. The molecule has 0 aliphatic carbocycles. The van der Waals surface area contributed by atoms with E-state index >= 15 is 0 Å². The first-order valence-electron chi connectivity index (χ1n) is 10.5. The van der Waals surface area contributed by atoms with E-state index in [0.717, 1.165) is 59.4 Å². The summed E-state index contributed by atoms with van der Waals surface area (Å²) >= 11 is 0. The number of aromatic nitrogens is 1. The van der Waals surface area contributed by atoms with E-state index in [1.165, 1.54) is 5.57 Å². The fraction of sp³-hybridized carbons (Fsp3) is 0.280. The lowest BCUT2D eigenvalue weighted by Crippen LogP contribution is -2.28. The minimum Gasteiger partial charge on any atom is -0.441 e. The van der Waals surface area contributed by atoms with Crippen molar-refractivity contribution in [2.75, 3.05) is 13.1 Å². The Hall–Kier alpha value is -3.18. The van der Waals surface area contributed by atoms with Crippen molar-refractivity contribution >= 4 is 22.6 Å². The van der Waals surface area contributed by atoms with Gasteiger partial charge in [0, 0.05) is 31.4 Å². The van der Waals surface area contributed by atoms with Crippen LogP contribution in [-0.2, 0) is 4.79 Å². The number of amides is 1. The predicted molar refractivity (Wildman–Crippen MR) is 118 cm³/mol. The van der Waals surface area contributed by atoms with Gasteiger partial charge in [0.05, 0.1) is 0 Å². The molecule has 1 amide bonds. The van der Waals surface area contributed by atoms with E-state index in [1.807, 2.05) is 31.3 Å². The highest BCUT2D eigenvalue weighted by atomic mass is 16.3. The molecule has 1 unspecified atom stereocenters. The van der Waals surface area contributed by atoms with Gasteiger partial charge in [0.25, 0.3) is 5.91 Å². The van der Waals surface area contributed by atoms with Crippen molar-refractivity contribution in [2.24, 2.45) is 5.92 Å². The predicted octanol–water partition coefficient (Wildman–Crippen LogP) is 4.65. The molecule has 0 radical (unpaired) electrons. The average molecular weight is 399 g/mol. The molecule has 3 aliphatic rings. The molecule has 5 nitrogen and oxygen atoms in total. The molecule has 30 heavy (non-hydrogen) atoms. The van der Waals surface area contributed by atoms with Crippen molar-refractivity contribution in [3.63, 3.8) is 0 Å². The largest absolute Gasteiger partial charge is 0.441 e. The molecule has 0 spiro atoms. The summed E-state index contributed by atoms with van der Waals surface area (Å²) in [7, 11) is 0. The Balaban J connectivity index is 1.51. The lowest BCUT2D eigenvalue weighted by Gasteiger charge is -2.28. The number of nitrogens with zero attached hydrogens (tertiary/aromatic N) is 2. The molecule has 0 bridgehead atoms. The fourth-order valence-electron chi connectivity index (χ4n) is 4.30. The van der Waals surface area contributed by atoms with Gasteiger partial charge >= 0.3 is 0 Å². The molecule has 5 heteroatoms. The number of carbonyl (C=O) groups is 1. The van der Waals surface area contributed by atoms with Gasteiger partial charge in [0.1, 0.15) is 5.52 Å². The van der Waals surface area contributed by atoms with E-state index in [1.54, 1.807) is 11.0 Å². The summed E-state index contributed by atoms with van der Waals surface area (Å²) in [5, 5.41) is 3.34. The molecule has 0 fully saturated rings. The van der Waals surface area contributed by atoms with Gasteiger partial charge in [-0.1, -0.05) is 31.2 Å². The van der Waals surface area contributed by atoms with Crippen LogP contribution in [0.4, 0.5) is 0 Å². The van der Waals surface area contributed by atoms with Crippen molar-refractivity contribution < 1.29 is 9.21 Å². The summed E-state index contributed by atoms with van der Waals surface area (Å²) in [6.45, 7) is 5.86. The van der Waals surface area contributed by atoms with Crippen LogP contribution in [-0.4, -0.2) is 28.9 Å². The normalized spacial score (nSPS) is 22.0. The molecular formula is C25H25N3O2. The van der Waals surface area contributed by atoms with Crippen LogP contribution in [0.3, 0.4) is 0 Å². The zero-order valence-corrected chi connectivity index (χ0v) is 17.3. The summed E-state index contributed by atoms with van der Waals surface area (Å²) in [4.78, 5) is 19.4. The Labute approximate surface area is 176 Å². The second-order valence-electron chi connectivity index (χ2n) is 8.09. The smallest absolute Gasteiger partial charge is 0.255 e. The first-order chi connectivity index (χ1) is 14.6. The van der Waals surface area contributed by atoms with E-state index in [4.69, 9.17) is 4.42 Å². The van der Waals surface area contributed by atoms with Crippen molar-refractivity contribution in [2.45, 2.75) is 26.7 Å². The van der Waals surface area contributed by atoms with E-state index in [0.29, 0.717) is 5.89 Å². The second kappa shape index (κ2) is 7.58. The molecular weight excluding hydrogens is 374 g/mol. The standard InChI is InChI=1S/C25H25N3O2/c1-16-3-6-21-7-4-20(18-9-11-26-12-10-18)15-28(21)25(29)14-22(16)19-5-8-23-24(13-19)30-17(2)27-23/h4-9,13-16,26H,3,10-12H2,1-2H3. The maximum atomic E-state index is 13.3. The first kappa shape index (κ1) is 18.8. The van der Waals surface area contributed by atoms with Crippen LogP contribution >= 0.6 is 0 Å². The average Bonchev–Trinajstić information content (AvgIpc) is 3.14. The van der Waals surface area contributed by atoms with Crippen LogP contribution < -0.4 is 5.32 Å². The van der Waals surface area contributed by atoms with Crippen LogP contribution in [0.5, 0.6) is 0 Å². The molecule has 1 aromatic heterocycles. The number of hydrogen-bond donors (Lipinski definition) is 1. The quantitative estimate of drug-likeness (QED) is 0.799. The lowest BCUT2D eigenvalue weighted by molar-refractivity contribution is -0.122. The third kappa shape index (κ3) is 3.46. The second-order valence-corrected chi connectivity index (χ2v) is 8.09. The number of rotatable bonds is 2. The molecule has 1 atom stereocenters. The fourth-order valence-corrected chi connectivity index (χ4v) is 4.30. The molecule has 1 N–H and O–H groups in total. The van der Waals surface area contributed by atoms with Gasteiger partial charge in [-0.05, 0) is 65.8 Å². The number of benzene rings is 1. The first-order valence-corrected chi connectivity index (χ1v) is 10.5. The van der Waals surface area contributed by atoms with E-state index in [9.17, 15) is 4.79 Å². The van der Waals surface area contributed by atoms with Gasteiger partial charge in [-0.2, -0.15) is 0 Å². The molecule has 2 aromatic rings. The SMILES string of the molecule is Cc1nc2ccc(C3=CC(=O)N4C=C(C5=CCNCC5)C=CC4=CCC3C)cc2o1. The van der Waals surface area contributed by atoms with Crippen LogP contribution in [0, 0.1) is 12.8 Å². The van der Waals surface area contributed by atoms with E-state index < -0.39 is 0 Å². The number of carbonyl (C=O) groups excluding carboxylic acids is 1. The topological polar surface area (TPSA) is 58.4 Å². The monoisotopic (exact) mass is 399 g/mol. The van der Waals surface area contributed by atoms with Crippen molar-refractivity contribution in [1.29, 1.82) is 0 Å². The summed E-state index contributed by atoms with van der Waals surface area (Å²) in [5.41, 5.74) is 6.98. The highest BCUT2D eigenvalue weighted by molar-refractivity contribution is 5.98. The third-order valence-electron chi connectivity index (χ3n) is 5.97. The van der Waals surface area contributed by atoms with Gasteiger partial charge in [0.2, 0.25) is 0 Å². The van der Waals surface area contributed by atoms with E-state index in [-0.39, 0.29) is 11.8 Å². The molecule has 4 heterocycles. The number of hydrogen-bond acceptors (Lipinski definition) is 4. The number of nitrogens with one attached hydrogen (secondary N) is 1. The van der Waals surface area contributed by atoms with Crippen LogP contribution in [0.2, 0.25) is 0 Å². The highest BCUT2D eigenvalue weighted by Crippen LogP contribution is 2.33. The summed E-state index contributed by atoms with van der Waals surface area (Å²) < 4.78 is 5.71. The minimum absolute atomic E-state index is 0.0203. The molecule has 152 valence electrons. The van der Waals surface area contributed by atoms with Gasteiger partial charge in [0.15, 0.2) is 11.5 Å². The van der Waals surface area contributed by atoms with Crippen LogP contribution in [0.1, 0.15) is 31.2 Å². The number of oxazole rings is 1. The van der Waals surface area contributed by atoms with Gasteiger partial charge in [-0.25, -0.2) is 4.98 Å². The number of aryl methyl sites for hydroxylation is 1. The maximum Gasteiger partial charge on any atom is 0.255 e. The van der Waals surface area contributed by atoms with Gasteiger partial charge < -0.3 is 9.73 Å². The number of allylic oxidation sites excluding steroid dienone is 5. The Morgan fingerprint density at radius 2 is 2.13 bits per heavy atom. The number of fused-ring (bicyclic) bond motifs is 2. The zero-order chi connectivity index (χ0) is 20.7. The van der Waals surface area contributed by atoms with Crippen LogP contribution in [0.25, 0.3) is 16.7 Å². The summed E-state index contributed by atoms with van der Waals surface area (Å²) in [6.07, 6.45) is 14.2. The van der Waals surface area contributed by atoms with Gasteiger partial charge in [-0.3, -0.25) is 9.69 Å². The molecule has 0 saturated carbocycles. The Bertz CT molecular complexity index is 1180. The molecule has 1 aromatic carbocycles. The van der Waals surface area contributed by atoms with Crippen LogP contribution in [0.15, 0.2) is 76.0 Å². The Kier molecular flexibility index (Phi) is 4.75. The van der Waals surface area contributed by atoms with E-state index in [2.05, 4.69) is 41.5 Å². The molecule has 3 aliphatic heterocycles. The Morgan fingerprint density at radius 1 is 1.23 bits per heavy atom. The third-order valence-corrected chi connectivity index (χ3v) is 5.97. The van der Waals surface area contributed by atoms with Crippen molar-refractivity contribution in [1.82, 2.24) is 15.2 Å². The zero-order valence-electron chi connectivity index (χ0n) is 17.3. The van der Waals surface area contributed by atoms with Gasteiger partial charge in [-0.15, -0.1) is 0 Å². The summed E-state index contributed by atoms with van der Waals surface area (Å²) in [6, 6.07) is 5.99. The lowest BCUT2D eigenvalue weighted by atomic mass is 9.88. The van der Waals surface area contributed by atoms with Crippen molar-refractivity contribution in [3.8, 4) is 0 Å². The summed E-state index contributed by atoms with van der Waals surface area (Å²) in [5.74, 6) is 0.847. The highest BCUT2D eigenvalue weighted by Gasteiger charge is 2.24. The maximum absolute atomic E-state index is 13.3. The molecule has 5 rings (SSSR count). The minimum atomic E-state index is -0.0203. The Morgan fingerprint density at radius 3 is 2.97 bits per heavy atom. The van der Waals surface area contributed by atoms with Crippen molar-refractivity contribution in [3.05, 3.63) is 83.1 Å².